The van der Waals surface area contributed by atoms with E-state index in [2.05, 4.69) is 65.8 Å². The normalized spacial score (nSPS) is 11.0. The second-order valence-corrected chi connectivity index (χ2v) is 6.50. The van der Waals surface area contributed by atoms with E-state index in [4.69, 9.17) is 0 Å². The minimum Gasteiger partial charge on any atom is -0.333 e. The van der Waals surface area contributed by atoms with Gasteiger partial charge in [-0.05, 0) is 0 Å². The van der Waals surface area contributed by atoms with Crippen molar-refractivity contribution in [2.24, 2.45) is 0 Å². The van der Waals surface area contributed by atoms with Gasteiger partial charge in [0.1, 0.15) is 0 Å². The zero-order chi connectivity index (χ0) is 15.2. The first-order valence-electron chi connectivity index (χ1n) is 7.03. The quantitative estimate of drug-likeness (QED) is 0.497. The molecule has 0 amide bonds. The fourth-order valence-corrected chi connectivity index (χ4v) is 1.78. The molecule has 1 heteroatoms. The Balaban J connectivity index is 0.000000364. The van der Waals surface area contributed by atoms with Gasteiger partial charge in [0.2, 0.25) is 0 Å². The smallest absolute Gasteiger partial charge is 0.333 e. The number of rotatable bonds is 2. The van der Waals surface area contributed by atoms with E-state index < -0.39 is 0 Å². The summed E-state index contributed by atoms with van der Waals surface area (Å²) in [5.74, 6) is 0. The first kappa shape index (κ1) is 20.1. The maximum Gasteiger partial charge on any atom is 2.00 e. The molecule has 0 aromatic heterocycles. The van der Waals surface area contributed by atoms with Crippen molar-refractivity contribution in [1.82, 2.24) is 0 Å². The molecule has 0 aliphatic heterocycles. The molecule has 0 N–H and O–H groups in total. The molecular formula is C20H26Zn. The van der Waals surface area contributed by atoms with Crippen LogP contribution in [0, 0.1) is 13.8 Å². The molecule has 0 heterocycles. The molecule has 0 radical (unpaired) electrons. The van der Waals surface area contributed by atoms with E-state index in [9.17, 15) is 0 Å². The molecule has 0 nitrogen and oxygen atoms in total. The van der Waals surface area contributed by atoms with Gasteiger partial charge < -0.3 is 13.8 Å². The Morgan fingerprint density at radius 2 is 0.810 bits per heavy atom. The molecule has 0 bridgehead atoms. The number of hydrogen-bond donors (Lipinski definition) is 0. The van der Waals surface area contributed by atoms with Crippen LogP contribution in [0.1, 0.15) is 38.8 Å². The van der Waals surface area contributed by atoms with Gasteiger partial charge in [-0.3, -0.25) is 0 Å². The zero-order valence-electron chi connectivity index (χ0n) is 13.9. The van der Waals surface area contributed by atoms with Crippen molar-refractivity contribution < 1.29 is 19.5 Å². The van der Waals surface area contributed by atoms with Crippen molar-refractivity contribution in [3.05, 3.63) is 85.6 Å². The Hall–Kier alpha value is -0.937. The summed E-state index contributed by atoms with van der Waals surface area (Å²) in [5.41, 5.74) is 2.66. The topological polar surface area (TPSA) is 0 Å². The van der Waals surface area contributed by atoms with E-state index in [-0.39, 0.29) is 30.3 Å². The maximum absolute atomic E-state index is 4.04. The van der Waals surface area contributed by atoms with Crippen LogP contribution in [0.2, 0.25) is 0 Å². The van der Waals surface area contributed by atoms with Crippen LogP contribution in [0.5, 0.6) is 0 Å². The number of benzene rings is 2. The molecule has 2 aromatic carbocycles. The van der Waals surface area contributed by atoms with Crippen molar-refractivity contribution in [2.75, 3.05) is 0 Å². The van der Waals surface area contributed by atoms with Gasteiger partial charge in [-0.1, -0.05) is 99.5 Å². The Bertz CT molecular complexity index is 437. The predicted molar refractivity (Wildman–Crippen MR) is 89.7 cm³/mol. The van der Waals surface area contributed by atoms with Gasteiger partial charge in [0.05, 0.1) is 0 Å². The predicted octanol–water partition coefficient (Wildman–Crippen LogP) is 5.59. The van der Waals surface area contributed by atoms with E-state index in [0.29, 0.717) is 0 Å². The summed E-state index contributed by atoms with van der Waals surface area (Å²) in [5, 5.41) is 0. The summed E-state index contributed by atoms with van der Waals surface area (Å²) in [6, 6.07) is 20.6. The van der Waals surface area contributed by atoms with Gasteiger partial charge in [0.15, 0.2) is 0 Å². The van der Waals surface area contributed by atoms with Gasteiger partial charge in [0.25, 0.3) is 0 Å². The van der Waals surface area contributed by atoms with Crippen LogP contribution < -0.4 is 0 Å². The third kappa shape index (κ3) is 7.58. The molecule has 21 heavy (non-hydrogen) atoms. The molecule has 0 saturated carbocycles. The Morgan fingerprint density at radius 3 is 0.952 bits per heavy atom. The average Bonchev–Trinajstić information content (AvgIpc) is 2.40. The monoisotopic (exact) mass is 330 g/mol. The van der Waals surface area contributed by atoms with Gasteiger partial charge in [-0.2, -0.15) is 0 Å². The van der Waals surface area contributed by atoms with Crippen LogP contribution in [0.4, 0.5) is 0 Å². The third-order valence-corrected chi connectivity index (χ3v) is 3.11. The number of hydrogen-bond acceptors (Lipinski definition) is 0. The first-order valence-corrected chi connectivity index (χ1v) is 7.03. The van der Waals surface area contributed by atoms with Crippen LogP contribution in [-0.2, 0) is 30.3 Å². The summed E-state index contributed by atoms with van der Waals surface area (Å²) in [6.07, 6.45) is 0. The Kier molecular flexibility index (Phi) is 8.11. The summed E-state index contributed by atoms with van der Waals surface area (Å²) in [4.78, 5) is 0. The Morgan fingerprint density at radius 1 is 0.571 bits per heavy atom. The van der Waals surface area contributed by atoms with E-state index >= 15 is 0 Å². The fraction of sp³-hybridized carbons (Fsp3) is 0.300. The maximum atomic E-state index is 4.04. The molecule has 0 unspecified atom stereocenters. The van der Waals surface area contributed by atoms with Crippen LogP contribution in [0.25, 0.3) is 0 Å². The second kappa shape index (κ2) is 8.49. The summed E-state index contributed by atoms with van der Waals surface area (Å²) < 4.78 is 0. The van der Waals surface area contributed by atoms with E-state index in [1.54, 1.807) is 0 Å². The zero-order valence-corrected chi connectivity index (χ0v) is 16.9. The summed E-state index contributed by atoms with van der Waals surface area (Å²) >= 11 is 0. The first-order chi connectivity index (χ1) is 9.21. The molecule has 2 rings (SSSR count). The molecule has 2 aromatic rings. The molecule has 0 atom stereocenters. The minimum atomic E-state index is 0. The standard InChI is InChI=1S/2C10H13.Zn/c2*1-10(2,3)9-7-5-4-6-8-9;/h2*4-8H,1H2,2-3H3;/q2*-1;+2. The summed E-state index contributed by atoms with van der Waals surface area (Å²) in [7, 11) is 0. The summed E-state index contributed by atoms with van der Waals surface area (Å²) in [6.45, 7) is 16.5. The molecule has 0 saturated heterocycles. The minimum absolute atomic E-state index is 0. The van der Waals surface area contributed by atoms with Gasteiger partial charge in [0, 0.05) is 0 Å². The van der Waals surface area contributed by atoms with Crippen molar-refractivity contribution in [3.8, 4) is 0 Å². The SMILES string of the molecule is [CH2-]C(C)(C)c1ccccc1.[CH2-]C(C)(C)c1ccccc1.[Zn+2]. The van der Waals surface area contributed by atoms with Gasteiger partial charge in [-0.15, -0.1) is 10.8 Å². The third-order valence-electron chi connectivity index (χ3n) is 3.11. The van der Waals surface area contributed by atoms with Crippen molar-refractivity contribution in [2.45, 2.75) is 38.5 Å². The van der Waals surface area contributed by atoms with E-state index in [1.807, 2.05) is 36.4 Å². The largest absolute Gasteiger partial charge is 2.00 e. The molecule has 0 aliphatic carbocycles. The van der Waals surface area contributed by atoms with Crippen molar-refractivity contribution >= 4 is 0 Å². The van der Waals surface area contributed by atoms with Gasteiger partial charge in [-0.25, -0.2) is 0 Å². The molecule has 0 spiro atoms. The molecule has 108 valence electrons. The molecular weight excluding hydrogens is 306 g/mol. The van der Waals surface area contributed by atoms with Crippen LogP contribution in [-0.4, -0.2) is 0 Å². The van der Waals surface area contributed by atoms with E-state index in [1.165, 1.54) is 11.1 Å². The fourth-order valence-electron chi connectivity index (χ4n) is 1.78. The molecule has 0 aliphatic rings. The van der Waals surface area contributed by atoms with Crippen LogP contribution in [0.15, 0.2) is 60.7 Å². The van der Waals surface area contributed by atoms with Crippen LogP contribution in [0.3, 0.4) is 0 Å². The average molecular weight is 332 g/mol. The Labute approximate surface area is 143 Å². The van der Waals surface area contributed by atoms with Crippen LogP contribution >= 0.6 is 0 Å². The van der Waals surface area contributed by atoms with E-state index in [0.717, 1.165) is 0 Å². The molecule has 0 fully saturated rings. The van der Waals surface area contributed by atoms with Gasteiger partial charge >= 0.3 is 19.5 Å². The van der Waals surface area contributed by atoms with Crippen molar-refractivity contribution in [3.63, 3.8) is 0 Å². The second-order valence-electron chi connectivity index (χ2n) is 6.50. The van der Waals surface area contributed by atoms with Crippen molar-refractivity contribution in [1.29, 1.82) is 0 Å².